The lowest BCUT2D eigenvalue weighted by Crippen LogP contribution is -3.08. The summed E-state index contributed by atoms with van der Waals surface area (Å²) in [5, 5.41) is 6.63. The van der Waals surface area contributed by atoms with Crippen LogP contribution < -0.4 is 15.5 Å². The summed E-state index contributed by atoms with van der Waals surface area (Å²) in [5.74, 6) is -0.242. The van der Waals surface area contributed by atoms with Crippen molar-refractivity contribution in [2.45, 2.75) is 13.5 Å². The summed E-state index contributed by atoms with van der Waals surface area (Å²) in [6, 6.07) is 15.0. The van der Waals surface area contributed by atoms with Crippen LogP contribution in [0.4, 0.5) is 5.69 Å². The van der Waals surface area contributed by atoms with Gasteiger partial charge in [-0.2, -0.15) is 0 Å². The molecular formula is C20H23N4O2S+. The molecule has 27 heavy (non-hydrogen) atoms. The summed E-state index contributed by atoms with van der Waals surface area (Å²) < 4.78 is 1.16. The van der Waals surface area contributed by atoms with Crippen LogP contribution in [0, 0.1) is 0 Å². The fourth-order valence-electron chi connectivity index (χ4n) is 2.80. The third-order valence-electron chi connectivity index (χ3n) is 4.00. The maximum absolute atomic E-state index is 12.3. The van der Waals surface area contributed by atoms with E-state index in [2.05, 4.69) is 21.7 Å². The van der Waals surface area contributed by atoms with E-state index in [0.717, 1.165) is 20.1 Å². The molecule has 0 aliphatic heterocycles. The number of fused-ring (bicyclic) bond motifs is 1. The van der Waals surface area contributed by atoms with Crippen LogP contribution >= 0.6 is 11.3 Å². The molecule has 1 atom stereocenters. The van der Waals surface area contributed by atoms with E-state index < -0.39 is 0 Å². The Bertz CT molecular complexity index is 921. The number of likely N-dealkylation sites (N-methyl/N-ethyl adjacent to an activating group) is 1. The van der Waals surface area contributed by atoms with Gasteiger partial charge in [0.15, 0.2) is 6.54 Å². The Morgan fingerprint density at radius 3 is 2.74 bits per heavy atom. The Morgan fingerprint density at radius 1 is 1.15 bits per heavy atom. The second-order valence-electron chi connectivity index (χ2n) is 6.37. The number of rotatable bonds is 7. The van der Waals surface area contributed by atoms with Gasteiger partial charge < -0.3 is 15.5 Å². The Labute approximate surface area is 162 Å². The van der Waals surface area contributed by atoms with Crippen LogP contribution in [0.3, 0.4) is 0 Å². The minimum absolute atomic E-state index is 0.0957. The number of hydrogen-bond donors (Lipinski definition) is 3. The number of para-hydroxylation sites is 1. The molecule has 0 saturated heterocycles. The van der Waals surface area contributed by atoms with Crippen molar-refractivity contribution in [2.24, 2.45) is 0 Å². The van der Waals surface area contributed by atoms with Crippen molar-refractivity contribution in [1.29, 1.82) is 0 Å². The van der Waals surface area contributed by atoms with Crippen LogP contribution in [-0.2, 0) is 11.3 Å². The molecule has 0 bridgehead atoms. The summed E-state index contributed by atoms with van der Waals surface area (Å²) in [6.45, 7) is 3.44. The molecule has 7 heteroatoms. The highest BCUT2D eigenvalue weighted by molar-refractivity contribution is 7.18. The van der Waals surface area contributed by atoms with Crippen LogP contribution in [0.25, 0.3) is 10.2 Å². The molecule has 1 aromatic heterocycles. The van der Waals surface area contributed by atoms with Gasteiger partial charge in [-0.25, -0.2) is 4.98 Å². The van der Waals surface area contributed by atoms with Crippen molar-refractivity contribution in [3.8, 4) is 0 Å². The van der Waals surface area contributed by atoms with Crippen molar-refractivity contribution in [1.82, 2.24) is 10.3 Å². The van der Waals surface area contributed by atoms with E-state index >= 15 is 0 Å². The van der Waals surface area contributed by atoms with Crippen molar-refractivity contribution in [3.63, 3.8) is 0 Å². The van der Waals surface area contributed by atoms with E-state index in [1.165, 1.54) is 0 Å². The molecule has 0 aliphatic carbocycles. The Kier molecular flexibility index (Phi) is 6.16. The molecule has 0 saturated carbocycles. The molecule has 0 aliphatic rings. The molecule has 3 N–H and O–H groups in total. The van der Waals surface area contributed by atoms with Crippen molar-refractivity contribution in [2.75, 3.05) is 25.5 Å². The minimum atomic E-state index is -0.146. The maximum Gasteiger partial charge on any atom is 0.279 e. The smallest absolute Gasteiger partial charge is 0.279 e. The number of carbonyl (C=O) groups excluding carboxylic acids is 2. The van der Waals surface area contributed by atoms with E-state index in [0.29, 0.717) is 30.9 Å². The first kappa shape index (κ1) is 19.0. The number of nitrogens with zero attached hydrogens (tertiary/aromatic N) is 1. The van der Waals surface area contributed by atoms with Crippen molar-refractivity contribution in [3.05, 3.63) is 59.1 Å². The molecule has 1 unspecified atom stereocenters. The Morgan fingerprint density at radius 2 is 1.96 bits per heavy atom. The van der Waals surface area contributed by atoms with Gasteiger partial charge >= 0.3 is 0 Å². The summed E-state index contributed by atoms with van der Waals surface area (Å²) in [6.07, 6.45) is 0. The van der Waals surface area contributed by atoms with Gasteiger partial charge in [0.05, 0.1) is 17.3 Å². The highest BCUT2D eigenvalue weighted by Crippen LogP contribution is 2.20. The zero-order valence-electron chi connectivity index (χ0n) is 15.4. The lowest BCUT2D eigenvalue weighted by atomic mass is 10.2. The SMILES string of the molecule is CCNC(=O)c1cccc(NC(=O)C[NH+](C)Cc2nc3ccccc3s2)c1. The quantitative estimate of drug-likeness (QED) is 0.581. The first-order valence-corrected chi connectivity index (χ1v) is 9.70. The number of hydrogen-bond acceptors (Lipinski definition) is 4. The van der Waals surface area contributed by atoms with Gasteiger partial charge in [-0.05, 0) is 37.3 Å². The number of quaternary nitrogens is 1. The number of benzene rings is 2. The molecule has 0 spiro atoms. The molecule has 0 radical (unpaired) electrons. The van der Waals surface area contributed by atoms with E-state index in [1.807, 2.05) is 32.2 Å². The Hall–Kier alpha value is -2.77. The monoisotopic (exact) mass is 383 g/mol. The molecule has 140 valence electrons. The number of amides is 2. The predicted octanol–water partition coefficient (Wildman–Crippen LogP) is 1.70. The second kappa shape index (κ2) is 8.75. The second-order valence-corrected chi connectivity index (χ2v) is 7.49. The largest absolute Gasteiger partial charge is 0.352 e. The van der Waals surface area contributed by atoms with E-state index in [1.54, 1.807) is 35.6 Å². The molecule has 2 amide bonds. The summed E-state index contributed by atoms with van der Waals surface area (Å²) in [7, 11) is 1.97. The predicted molar refractivity (Wildman–Crippen MR) is 108 cm³/mol. The molecular weight excluding hydrogens is 360 g/mol. The van der Waals surface area contributed by atoms with E-state index in [9.17, 15) is 9.59 Å². The van der Waals surface area contributed by atoms with Crippen LogP contribution in [0.2, 0.25) is 0 Å². The van der Waals surface area contributed by atoms with Gasteiger partial charge in [-0.15, -0.1) is 11.3 Å². The molecule has 2 aromatic carbocycles. The Balaban J connectivity index is 1.57. The normalized spacial score (nSPS) is 11.9. The van der Waals surface area contributed by atoms with Crippen LogP contribution in [-0.4, -0.2) is 36.9 Å². The number of nitrogens with one attached hydrogen (secondary N) is 3. The number of carbonyl (C=O) groups is 2. The van der Waals surface area contributed by atoms with Gasteiger partial charge in [-0.1, -0.05) is 18.2 Å². The lowest BCUT2D eigenvalue weighted by Gasteiger charge is -2.13. The van der Waals surface area contributed by atoms with Gasteiger partial charge in [0.25, 0.3) is 11.8 Å². The molecule has 1 heterocycles. The number of aromatic nitrogens is 1. The first-order chi connectivity index (χ1) is 13.0. The third kappa shape index (κ3) is 5.12. The lowest BCUT2D eigenvalue weighted by molar-refractivity contribution is -0.885. The fraction of sp³-hybridized carbons (Fsp3) is 0.250. The van der Waals surface area contributed by atoms with Gasteiger partial charge in [-0.3, -0.25) is 9.59 Å². The summed E-state index contributed by atoms with van der Waals surface area (Å²) in [5.41, 5.74) is 2.15. The molecule has 3 aromatic rings. The molecule has 6 nitrogen and oxygen atoms in total. The highest BCUT2D eigenvalue weighted by Gasteiger charge is 2.14. The average Bonchev–Trinajstić information content (AvgIpc) is 3.03. The van der Waals surface area contributed by atoms with Gasteiger partial charge in [0, 0.05) is 17.8 Å². The topological polar surface area (TPSA) is 75.5 Å². The van der Waals surface area contributed by atoms with Crippen molar-refractivity contribution >= 4 is 39.1 Å². The first-order valence-electron chi connectivity index (χ1n) is 8.89. The van der Waals surface area contributed by atoms with Crippen LogP contribution in [0.5, 0.6) is 0 Å². The molecule has 0 fully saturated rings. The fourth-order valence-corrected chi connectivity index (χ4v) is 3.88. The van der Waals surface area contributed by atoms with Gasteiger partial charge in [0.2, 0.25) is 0 Å². The maximum atomic E-state index is 12.3. The zero-order valence-corrected chi connectivity index (χ0v) is 16.2. The van der Waals surface area contributed by atoms with Crippen molar-refractivity contribution < 1.29 is 14.5 Å². The highest BCUT2D eigenvalue weighted by atomic mass is 32.1. The third-order valence-corrected chi connectivity index (χ3v) is 5.04. The number of thiazole rings is 1. The number of anilines is 1. The van der Waals surface area contributed by atoms with E-state index in [4.69, 9.17) is 0 Å². The minimum Gasteiger partial charge on any atom is -0.352 e. The zero-order chi connectivity index (χ0) is 19.2. The van der Waals surface area contributed by atoms with Gasteiger partial charge in [0.1, 0.15) is 11.6 Å². The van der Waals surface area contributed by atoms with Crippen LogP contribution in [0.1, 0.15) is 22.3 Å². The average molecular weight is 383 g/mol. The standard InChI is InChI=1S/C20H22N4O2S/c1-3-21-20(26)14-7-6-8-15(11-14)22-18(25)12-24(2)13-19-23-16-9-4-5-10-17(16)27-19/h4-11H,3,12-13H2,1-2H3,(H,21,26)(H,22,25)/p+1. The summed E-state index contributed by atoms with van der Waals surface area (Å²) in [4.78, 5) is 29.9. The summed E-state index contributed by atoms with van der Waals surface area (Å²) >= 11 is 1.66. The van der Waals surface area contributed by atoms with Crippen LogP contribution in [0.15, 0.2) is 48.5 Å². The van der Waals surface area contributed by atoms with E-state index in [-0.39, 0.29) is 11.8 Å². The molecule has 3 rings (SSSR count).